The third kappa shape index (κ3) is 3.93. The van der Waals surface area contributed by atoms with E-state index in [1.807, 2.05) is 18.2 Å². The minimum Gasteiger partial charge on any atom is -0.371 e. The number of nitrogens with zero attached hydrogens (tertiary/aromatic N) is 2. The largest absolute Gasteiger partial charge is 0.371 e. The number of alkyl halides is 1. The summed E-state index contributed by atoms with van der Waals surface area (Å²) in [7, 11) is 0. The predicted octanol–water partition coefficient (Wildman–Crippen LogP) is 4.00. The number of anilines is 2. The molecule has 30 heavy (non-hydrogen) atoms. The molecule has 8 heteroatoms. The number of nitrogens with one attached hydrogen (secondary N) is 1. The predicted molar refractivity (Wildman–Crippen MR) is 118 cm³/mol. The molecule has 0 unspecified atom stereocenters. The van der Waals surface area contributed by atoms with Crippen LogP contribution >= 0.6 is 23.2 Å². The van der Waals surface area contributed by atoms with Crippen molar-refractivity contribution in [2.24, 2.45) is 0 Å². The van der Waals surface area contributed by atoms with Gasteiger partial charge in [0.15, 0.2) is 0 Å². The maximum Gasteiger partial charge on any atom is 0.335 e. The van der Waals surface area contributed by atoms with Crippen LogP contribution in [-0.4, -0.2) is 36.8 Å². The van der Waals surface area contributed by atoms with Crippen molar-refractivity contribution in [3.8, 4) is 0 Å². The Bertz CT molecular complexity index is 1070. The molecule has 4 rings (SSSR count). The lowest BCUT2D eigenvalue weighted by atomic mass is 10.0. The number of hydrogen-bond acceptors (Lipinski definition) is 4. The topological polar surface area (TPSA) is 69.7 Å². The smallest absolute Gasteiger partial charge is 0.335 e. The maximum atomic E-state index is 13.0. The van der Waals surface area contributed by atoms with Crippen molar-refractivity contribution in [2.75, 3.05) is 28.8 Å². The van der Waals surface area contributed by atoms with Crippen molar-refractivity contribution < 1.29 is 14.4 Å². The number of imide groups is 2. The fourth-order valence-corrected chi connectivity index (χ4v) is 4.04. The highest BCUT2D eigenvalue weighted by atomic mass is 35.5. The molecule has 2 aliphatic heterocycles. The first kappa shape index (κ1) is 20.4. The Morgan fingerprint density at radius 1 is 1.10 bits per heavy atom. The van der Waals surface area contributed by atoms with Crippen molar-refractivity contribution in [1.29, 1.82) is 0 Å². The van der Waals surface area contributed by atoms with Crippen molar-refractivity contribution in [3.63, 3.8) is 0 Å². The molecule has 2 heterocycles. The number of amides is 4. The summed E-state index contributed by atoms with van der Waals surface area (Å²) < 4.78 is 0. The number of carbonyl (C=O) groups excluding carboxylic acids is 3. The van der Waals surface area contributed by atoms with Gasteiger partial charge in [0.05, 0.1) is 5.69 Å². The van der Waals surface area contributed by atoms with E-state index in [-0.39, 0.29) is 5.57 Å². The number of carbonyl (C=O) groups is 3. The van der Waals surface area contributed by atoms with Crippen LogP contribution in [0.5, 0.6) is 0 Å². The van der Waals surface area contributed by atoms with Crippen molar-refractivity contribution in [2.45, 2.75) is 12.8 Å². The minimum absolute atomic E-state index is 0.105. The molecule has 2 aliphatic rings. The van der Waals surface area contributed by atoms with E-state index >= 15 is 0 Å². The summed E-state index contributed by atoms with van der Waals surface area (Å²) in [6.07, 6.45) is 3.32. The lowest BCUT2D eigenvalue weighted by Gasteiger charge is -2.26. The van der Waals surface area contributed by atoms with E-state index in [0.29, 0.717) is 16.6 Å². The zero-order valence-electron chi connectivity index (χ0n) is 16.0. The summed E-state index contributed by atoms with van der Waals surface area (Å²) in [6, 6.07) is 11.4. The first-order chi connectivity index (χ1) is 14.5. The van der Waals surface area contributed by atoms with Crippen LogP contribution in [0, 0.1) is 0 Å². The van der Waals surface area contributed by atoms with Gasteiger partial charge in [-0.1, -0.05) is 23.7 Å². The summed E-state index contributed by atoms with van der Waals surface area (Å²) in [5.74, 6) is -0.780. The number of urea groups is 1. The van der Waals surface area contributed by atoms with Gasteiger partial charge in [0.25, 0.3) is 11.8 Å². The molecule has 1 fully saturated rings. The van der Waals surface area contributed by atoms with E-state index in [9.17, 15) is 14.4 Å². The molecule has 6 nitrogen and oxygen atoms in total. The van der Waals surface area contributed by atoms with Crippen LogP contribution in [0.25, 0.3) is 6.08 Å². The van der Waals surface area contributed by atoms with Gasteiger partial charge in [0, 0.05) is 29.7 Å². The lowest BCUT2D eigenvalue weighted by molar-refractivity contribution is -0.122. The Morgan fingerprint density at radius 2 is 1.93 bits per heavy atom. The van der Waals surface area contributed by atoms with Gasteiger partial charge >= 0.3 is 6.03 Å². The quantitative estimate of drug-likeness (QED) is 0.430. The molecule has 0 radical (unpaired) electrons. The van der Waals surface area contributed by atoms with Gasteiger partial charge in [-0.3, -0.25) is 14.9 Å². The van der Waals surface area contributed by atoms with Gasteiger partial charge < -0.3 is 4.90 Å². The van der Waals surface area contributed by atoms with Gasteiger partial charge in [-0.2, -0.15) is 0 Å². The average molecular weight is 444 g/mol. The van der Waals surface area contributed by atoms with Crippen molar-refractivity contribution in [1.82, 2.24) is 5.32 Å². The van der Waals surface area contributed by atoms with E-state index in [2.05, 4.69) is 10.2 Å². The van der Waals surface area contributed by atoms with Crippen molar-refractivity contribution in [3.05, 3.63) is 64.2 Å². The van der Waals surface area contributed by atoms with E-state index in [0.717, 1.165) is 47.6 Å². The SMILES string of the molecule is O=C1NC(=O)N(c2cccc(Cl)c2)C(=O)C1=Cc1ccc2c(c1)CCN2CCCCl. The van der Waals surface area contributed by atoms with E-state index in [1.165, 1.54) is 12.1 Å². The molecule has 4 amide bonds. The first-order valence-electron chi connectivity index (χ1n) is 9.59. The lowest BCUT2D eigenvalue weighted by Crippen LogP contribution is -2.54. The molecule has 1 saturated heterocycles. The van der Waals surface area contributed by atoms with Gasteiger partial charge in [-0.25, -0.2) is 9.69 Å². The molecular weight excluding hydrogens is 425 g/mol. The normalized spacial score (nSPS) is 17.5. The highest BCUT2D eigenvalue weighted by Crippen LogP contribution is 2.30. The first-order valence-corrected chi connectivity index (χ1v) is 10.5. The summed E-state index contributed by atoms with van der Waals surface area (Å²) in [5, 5.41) is 2.61. The Labute approximate surface area is 184 Å². The number of barbiturate groups is 1. The van der Waals surface area contributed by atoms with Crippen molar-refractivity contribution >= 4 is 58.5 Å². The molecule has 0 bridgehead atoms. The van der Waals surface area contributed by atoms with Crippen LogP contribution < -0.4 is 15.1 Å². The van der Waals surface area contributed by atoms with Crippen LogP contribution in [0.3, 0.4) is 0 Å². The van der Waals surface area contributed by atoms with Gasteiger partial charge in [-0.05, 0) is 60.4 Å². The number of hydrogen-bond donors (Lipinski definition) is 1. The van der Waals surface area contributed by atoms with Crippen LogP contribution in [0.15, 0.2) is 48.0 Å². The zero-order chi connectivity index (χ0) is 21.3. The number of rotatable bonds is 5. The maximum absolute atomic E-state index is 13.0. The molecule has 0 saturated carbocycles. The van der Waals surface area contributed by atoms with Crippen LogP contribution in [0.1, 0.15) is 17.5 Å². The summed E-state index contributed by atoms with van der Waals surface area (Å²) in [4.78, 5) is 40.8. The monoisotopic (exact) mass is 443 g/mol. The third-order valence-electron chi connectivity index (χ3n) is 5.14. The molecule has 0 aliphatic carbocycles. The second kappa shape index (κ2) is 8.50. The average Bonchev–Trinajstić information content (AvgIpc) is 3.11. The van der Waals surface area contributed by atoms with E-state index in [4.69, 9.17) is 23.2 Å². The molecular formula is C22H19Cl2N3O3. The van der Waals surface area contributed by atoms with Gasteiger partial charge in [-0.15, -0.1) is 11.6 Å². The Morgan fingerprint density at radius 3 is 2.70 bits per heavy atom. The second-order valence-electron chi connectivity index (χ2n) is 7.11. The number of fused-ring (bicyclic) bond motifs is 1. The van der Waals surface area contributed by atoms with Crippen LogP contribution in [-0.2, 0) is 16.0 Å². The molecule has 0 atom stereocenters. The molecule has 0 aromatic heterocycles. The third-order valence-corrected chi connectivity index (χ3v) is 5.64. The van der Waals surface area contributed by atoms with E-state index < -0.39 is 17.8 Å². The van der Waals surface area contributed by atoms with E-state index in [1.54, 1.807) is 18.2 Å². The zero-order valence-corrected chi connectivity index (χ0v) is 17.5. The molecule has 0 spiro atoms. The van der Waals surface area contributed by atoms with Gasteiger partial charge in [0.1, 0.15) is 5.57 Å². The van der Waals surface area contributed by atoms with Crippen LogP contribution in [0.4, 0.5) is 16.2 Å². The van der Waals surface area contributed by atoms with Crippen LogP contribution in [0.2, 0.25) is 5.02 Å². The summed E-state index contributed by atoms with van der Waals surface area (Å²) >= 11 is 11.8. The second-order valence-corrected chi connectivity index (χ2v) is 7.92. The van der Waals surface area contributed by atoms with Gasteiger partial charge in [0.2, 0.25) is 0 Å². The fraction of sp³-hybridized carbons (Fsp3) is 0.227. The molecule has 2 aromatic carbocycles. The minimum atomic E-state index is -0.798. The molecule has 1 N–H and O–H groups in total. The highest BCUT2D eigenvalue weighted by molar-refractivity contribution is 6.39. The Balaban J connectivity index is 1.63. The molecule has 2 aromatic rings. The number of halogens is 2. The Hall–Kier alpha value is -2.83. The molecule has 154 valence electrons. The summed E-state index contributed by atoms with van der Waals surface area (Å²) in [5.41, 5.74) is 3.23. The Kier molecular flexibility index (Phi) is 5.79. The fourth-order valence-electron chi connectivity index (χ4n) is 3.74. The summed E-state index contributed by atoms with van der Waals surface area (Å²) in [6.45, 7) is 1.82. The number of benzene rings is 2. The highest BCUT2D eigenvalue weighted by Gasteiger charge is 2.37. The standard InChI is InChI=1S/C22H19Cl2N3O3/c23-8-2-9-26-10-7-15-11-14(5-6-19(15)26)12-18-20(28)25-22(30)27(21(18)29)17-4-1-3-16(24)13-17/h1,3-6,11-13H,2,7-10H2,(H,25,28,30).